The molecule has 0 fully saturated rings. The normalized spacial score (nSPS) is 11.3. The number of amides is 1. The zero-order chi connectivity index (χ0) is 20.1. The molecular weight excluding hydrogens is 396 g/mol. The fourth-order valence-electron chi connectivity index (χ4n) is 2.68. The third-order valence-corrected chi connectivity index (χ3v) is 6.35. The molecule has 0 aliphatic carbocycles. The number of hydrogen-bond acceptors (Lipinski definition) is 5. The van der Waals surface area contributed by atoms with Crippen molar-refractivity contribution in [2.75, 3.05) is 6.54 Å². The van der Waals surface area contributed by atoms with Gasteiger partial charge in [-0.1, -0.05) is 30.3 Å². The van der Waals surface area contributed by atoms with Crippen molar-refractivity contribution in [2.45, 2.75) is 17.1 Å². The summed E-state index contributed by atoms with van der Waals surface area (Å²) in [6, 6.07) is 14.9. The van der Waals surface area contributed by atoms with Crippen molar-refractivity contribution in [3.63, 3.8) is 0 Å². The molecule has 2 aromatic carbocycles. The minimum Gasteiger partial charge on any atom is -0.352 e. The summed E-state index contributed by atoms with van der Waals surface area (Å²) < 4.78 is 27.1. The summed E-state index contributed by atoms with van der Waals surface area (Å²) in [6.07, 6.45) is 0.544. The van der Waals surface area contributed by atoms with Crippen molar-refractivity contribution >= 4 is 28.0 Å². The van der Waals surface area contributed by atoms with Crippen molar-refractivity contribution < 1.29 is 13.2 Å². The minimum absolute atomic E-state index is 0.113. The van der Waals surface area contributed by atoms with E-state index in [2.05, 4.69) is 15.5 Å². The van der Waals surface area contributed by atoms with Gasteiger partial charge < -0.3 is 9.88 Å². The van der Waals surface area contributed by atoms with Gasteiger partial charge in [-0.3, -0.25) is 9.89 Å². The average Bonchev–Trinajstić information content (AvgIpc) is 3.01. The number of aromatic nitrogens is 3. The van der Waals surface area contributed by atoms with Gasteiger partial charge in [0.2, 0.25) is 0 Å². The van der Waals surface area contributed by atoms with Gasteiger partial charge in [0, 0.05) is 25.6 Å². The highest BCUT2D eigenvalue weighted by atomic mass is 32.2. The van der Waals surface area contributed by atoms with Crippen LogP contribution in [-0.2, 0) is 29.1 Å². The van der Waals surface area contributed by atoms with Crippen LogP contribution < -0.4 is 5.32 Å². The number of nitrogens with zero attached hydrogens (tertiary/aromatic N) is 2. The van der Waals surface area contributed by atoms with Gasteiger partial charge >= 0.3 is 0 Å². The molecule has 0 spiro atoms. The molecule has 0 unspecified atom stereocenters. The van der Waals surface area contributed by atoms with Crippen LogP contribution in [0.2, 0.25) is 0 Å². The van der Waals surface area contributed by atoms with Crippen molar-refractivity contribution in [1.82, 2.24) is 20.1 Å². The van der Waals surface area contributed by atoms with Gasteiger partial charge in [0.15, 0.2) is 14.6 Å². The molecule has 146 valence electrons. The lowest BCUT2D eigenvalue weighted by molar-refractivity contribution is 0.0954. The van der Waals surface area contributed by atoms with Crippen molar-refractivity contribution in [3.8, 4) is 0 Å². The van der Waals surface area contributed by atoms with Gasteiger partial charge in [-0.25, -0.2) is 8.42 Å². The molecule has 0 atom stereocenters. The summed E-state index contributed by atoms with van der Waals surface area (Å²) in [5.41, 5.74) is 1.10. The third-order valence-electron chi connectivity index (χ3n) is 4.28. The van der Waals surface area contributed by atoms with E-state index in [1.54, 1.807) is 59.2 Å². The molecule has 3 aromatic rings. The van der Waals surface area contributed by atoms with Crippen LogP contribution in [0.25, 0.3) is 0 Å². The molecule has 3 rings (SSSR count). The first kappa shape index (κ1) is 20.0. The number of carbonyl (C=O) groups excluding carboxylic acids is 1. The Morgan fingerprint density at radius 1 is 1.14 bits per heavy atom. The highest BCUT2D eigenvalue weighted by Crippen LogP contribution is 2.16. The predicted octanol–water partition coefficient (Wildman–Crippen LogP) is 2.42. The van der Waals surface area contributed by atoms with Crippen LogP contribution in [0.4, 0.5) is 0 Å². The molecule has 0 aliphatic heterocycles. The monoisotopic (exact) mass is 416 g/mol. The fourth-order valence-corrected chi connectivity index (χ4v) is 4.20. The average molecular weight is 417 g/mol. The lowest BCUT2D eigenvalue weighted by atomic mass is 10.1. The maximum Gasteiger partial charge on any atom is 0.251 e. The Kier molecular flexibility index (Phi) is 6.05. The number of hydrogen-bond donors (Lipinski definition) is 2. The third kappa shape index (κ3) is 4.73. The molecule has 7 nitrogen and oxygen atoms in total. The molecule has 0 saturated carbocycles. The van der Waals surface area contributed by atoms with Crippen molar-refractivity contribution in [3.05, 3.63) is 76.3 Å². The quantitative estimate of drug-likeness (QED) is 0.577. The van der Waals surface area contributed by atoms with Crippen LogP contribution >= 0.6 is 12.2 Å². The number of rotatable bonds is 7. The zero-order valence-corrected chi connectivity index (χ0v) is 16.9. The molecule has 28 heavy (non-hydrogen) atoms. The first-order valence-corrected chi connectivity index (χ1v) is 10.7. The Balaban J connectivity index is 1.58. The summed E-state index contributed by atoms with van der Waals surface area (Å²) >= 11 is 5.05. The van der Waals surface area contributed by atoms with E-state index in [1.807, 2.05) is 7.05 Å². The number of aromatic amines is 1. The van der Waals surface area contributed by atoms with Crippen LogP contribution in [0.5, 0.6) is 0 Å². The Morgan fingerprint density at radius 2 is 1.82 bits per heavy atom. The Morgan fingerprint density at radius 3 is 2.43 bits per heavy atom. The topological polar surface area (TPSA) is 96.8 Å². The van der Waals surface area contributed by atoms with E-state index in [0.717, 1.165) is 5.82 Å². The van der Waals surface area contributed by atoms with E-state index >= 15 is 0 Å². The zero-order valence-electron chi connectivity index (χ0n) is 15.3. The van der Waals surface area contributed by atoms with Crippen molar-refractivity contribution in [1.29, 1.82) is 0 Å². The van der Waals surface area contributed by atoms with E-state index in [9.17, 15) is 13.2 Å². The molecule has 2 N–H and O–H groups in total. The standard InChI is InChI=1S/C19H20N4O3S2/c1-23-17(21-22-19(23)27)11-12-20-18(24)15-9-7-14(8-10-15)13-28(25,26)16-5-3-2-4-6-16/h2-10H,11-13H2,1H3,(H,20,24)(H,22,27). The van der Waals surface area contributed by atoms with E-state index in [0.29, 0.717) is 28.9 Å². The van der Waals surface area contributed by atoms with Crippen LogP contribution in [0.3, 0.4) is 0 Å². The Bertz CT molecular complexity index is 1120. The molecular formula is C19H20N4O3S2. The lowest BCUT2D eigenvalue weighted by Crippen LogP contribution is -2.26. The number of benzene rings is 2. The minimum atomic E-state index is -3.41. The molecule has 1 amide bonds. The molecule has 0 saturated heterocycles. The molecule has 1 aromatic heterocycles. The summed E-state index contributed by atoms with van der Waals surface area (Å²) in [5, 5.41) is 9.61. The molecule has 9 heteroatoms. The molecule has 0 radical (unpaired) electrons. The van der Waals surface area contributed by atoms with Gasteiger partial charge in [-0.05, 0) is 42.0 Å². The van der Waals surface area contributed by atoms with Crippen LogP contribution in [0.15, 0.2) is 59.5 Å². The van der Waals surface area contributed by atoms with E-state index in [-0.39, 0.29) is 16.6 Å². The van der Waals surface area contributed by atoms with Gasteiger partial charge in [0.25, 0.3) is 5.91 Å². The first-order valence-electron chi connectivity index (χ1n) is 8.62. The van der Waals surface area contributed by atoms with E-state index in [4.69, 9.17) is 12.2 Å². The van der Waals surface area contributed by atoms with Crippen molar-refractivity contribution in [2.24, 2.45) is 7.05 Å². The van der Waals surface area contributed by atoms with Gasteiger partial charge in [0.1, 0.15) is 5.82 Å². The summed E-state index contributed by atoms with van der Waals surface area (Å²) in [7, 11) is -1.60. The number of carbonyl (C=O) groups is 1. The Hall–Kier alpha value is -2.78. The highest BCUT2D eigenvalue weighted by molar-refractivity contribution is 7.90. The van der Waals surface area contributed by atoms with Gasteiger partial charge in [0.05, 0.1) is 10.6 Å². The maximum absolute atomic E-state index is 12.4. The molecule has 0 bridgehead atoms. The van der Waals surface area contributed by atoms with Gasteiger partial charge in [-0.2, -0.15) is 5.10 Å². The summed E-state index contributed by atoms with van der Waals surface area (Å²) in [4.78, 5) is 12.5. The van der Waals surface area contributed by atoms with Crippen LogP contribution in [0.1, 0.15) is 21.7 Å². The second-order valence-corrected chi connectivity index (χ2v) is 8.66. The maximum atomic E-state index is 12.4. The Labute approximate surface area is 168 Å². The van der Waals surface area contributed by atoms with E-state index < -0.39 is 9.84 Å². The highest BCUT2D eigenvalue weighted by Gasteiger charge is 2.15. The first-order chi connectivity index (χ1) is 13.4. The number of H-pyrrole nitrogens is 1. The SMILES string of the molecule is Cn1c(CCNC(=O)c2ccc(CS(=O)(=O)c3ccccc3)cc2)n[nH]c1=S. The summed E-state index contributed by atoms with van der Waals surface area (Å²) in [6.45, 7) is 0.413. The van der Waals surface area contributed by atoms with Crippen LogP contribution in [0, 0.1) is 4.77 Å². The fraction of sp³-hybridized carbons (Fsp3) is 0.211. The number of nitrogens with one attached hydrogen (secondary N) is 2. The smallest absolute Gasteiger partial charge is 0.251 e. The second kappa shape index (κ2) is 8.49. The number of sulfone groups is 1. The van der Waals surface area contributed by atoms with E-state index in [1.165, 1.54) is 0 Å². The summed E-state index contributed by atoms with van der Waals surface area (Å²) in [5.74, 6) is 0.416. The molecule has 0 aliphatic rings. The molecule has 1 heterocycles. The largest absolute Gasteiger partial charge is 0.352 e. The second-order valence-electron chi connectivity index (χ2n) is 6.28. The predicted molar refractivity (Wildman–Crippen MR) is 108 cm³/mol. The lowest BCUT2D eigenvalue weighted by Gasteiger charge is -2.07. The van der Waals surface area contributed by atoms with Gasteiger partial charge in [-0.15, -0.1) is 0 Å². The van der Waals surface area contributed by atoms with Crippen LogP contribution in [-0.4, -0.2) is 35.6 Å².